The molecule has 0 heterocycles. The second-order valence-electron chi connectivity index (χ2n) is 3.77. The number of rotatable bonds is 4. The fourth-order valence-electron chi connectivity index (χ4n) is 1.71. The molecule has 0 amide bonds. The van der Waals surface area contributed by atoms with Gasteiger partial charge < -0.3 is 0 Å². The van der Waals surface area contributed by atoms with Gasteiger partial charge in [-0.2, -0.15) is 0 Å². The van der Waals surface area contributed by atoms with Crippen LogP contribution in [0.25, 0.3) is 0 Å². The van der Waals surface area contributed by atoms with Gasteiger partial charge in [0.25, 0.3) is 0 Å². The summed E-state index contributed by atoms with van der Waals surface area (Å²) in [6, 6.07) is 3.12. The Kier molecular flexibility index (Phi) is 5.75. The molecule has 0 aromatic heterocycles. The van der Waals surface area contributed by atoms with E-state index in [9.17, 15) is 4.39 Å². The number of benzene rings is 1. The minimum Gasteiger partial charge on any atom is -0.207 e. The van der Waals surface area contributed by atoms with Crippen molar-refractivity contribution in [3.05, 3.63) is 33.0 Å². The molecule has 1 aromatic carbocycles. The Balaban J connectivity index is 3.07. The Bertz CT molecular complexity index is 364. The largest absolute Gasteiger partial charge is 0.207 e. The van der Waals surface area contributed by atoms with Gasteiger partial charge in [0.15, 0.2) is 0 Å². The zero-order valence-corrected chi connectivity index (χ0v) is 13.2. The lowest BCUT2D eigenvalue weighted by Gasteiger charge is -2.20. The van der Waals surface area contributed by atoms with Gasteiger partial charge in [0.1, 0.15) is 5.82 Å². The zero-order valence-electron chi connectivity index (χ0n) is 9.24. The van der Waals surface area contributed by atoms with E-state index in [0.29, 0.717) is 21.0 Å². The van der Waals surface area contributed by atoms with E-state index in [-0.39, 0.29) is 10.6 Å². The molecule has 1 rings (SSSR count). The third kappa shape index (κ3) is 3.21. The molecule has 1 aromatic rings. The molecule has 0 saturated heterocycles. The smallest absolute Gasteiger partial charge is 0.128 e. The Labute approximate surface area is 118 Å². The van der Waals surface area contributed by atoms with Crippen molar-refractivity contribution in [2.24, 2.45) is 5.92 Å². The van der Waals surface area contributed by atoms with Crippen LogP contribution in [0.4, 0.5) is 4.39 Å². The molecule has 16 heavy (non-hydrogen) atoms. The number of hydrogen-bond acceptors (Lipinski definition) is 0. The molecule has 0 bridgehead atoms. The predicted molar refractivity (Wildman–Crippen MR) is 74.9 cm³/mol. The van der Waals surface area contributed by atoms with Gasteiger partial charge in [0.05, 0.1) is 5.02 Å². The molecule has 1 atom stereocenters. The highest BCUT2D eigenvalue weighted by Gasteiger charge is 2.21. The Morgan fingerprint density at radius 3 is 2.38 bits per heavy atom. The number of hydrogen-bond donors (Lipinski definition) is 0. The summed E-state index contributed by atoms with van der Waals surface area (Å²) in [4.78, 5) is 0.0214. The van der Waals surface area contributed by atoms with Crippen LogP contribution >= 0.6 is 43.5 Å². The van der Waals surface area contributed by atoms with Crippen LogP contribution in [0.3, 0.4) is 0 Å². The lowest BCUT2D eigenvalue weighted by molar-refractivity contribution is 0.473. The van der Waals surface area contributed by atoms with E-state index < -0.39 is 0 Å². The summed E-state index contributed by atoms with van der Waals surface area (Å²) in [7, 11) is 0. The second-order valence-corrected chi connectivity index (χ2v) is 6.01. The maximum atomic E-state index is 13.8. The first kappa shape index (κ1) is 14.5. The Morgan fingerprint density at radius 1 is 1.31 bits per heavy atom. The van der Waals surface area contributed by atoms with E-state index in [1.54, 1.807) is 6.07 Å². The highest BCUT2D eigenvalue weighted by atomic mass is 79.9. The van der Waals surface area contributed by atoms with E-state index in [1.165, 1.54) is 6.07 Å². The Morgan fingerprint density at radius 2 is 1.88 bits per heavy atom. The average molecular weight is 373 g/mol. The first-order valence-corrected chi connectivity index (χ1v) is 7.38. The first-order valence-electron chi connectivity index (χ1n) is 5.29. The van der Waals surface area contributed by atoms with Crippen LogP contribution in [-0.4, -0.2) is 0 Å². The lowest BCUT2D eigenvalue weighted by Crippen LogP contribution is -2.07. The summed E-state index contributed by atoms with van der Waals surface area (Å²) in [5, 5.41) is 0.548. The van der Waals surface area contributed by atoms with Crippen molar-refractivity contribution in [2.45, 2.75) is 31.5 Å². The standard InChI is InChI=1S/C12H14Br2ClF/c1-3-7(4-2)12(14)8-5-10(15)9(13)6-11(8)16/h5-7,12H,3-4H2,1-2H3. The summed E-state index contributed by atoms with van der Waals surface area (Å²) in [6.07, 6.45) is 2.03. The van der Waals surface area contributed by atoms with E-state index in [2.05, 4.69) is 45.7 Å². The predicted octanol–water partition coefficient (Wildman–Crippen LogP) is 6.11. The van der Waals surface area contributed by atoms with Crippen molar-refractivity contribution < 1.29 is 4.39 Å². The maximum absolute atomic E-state index is 13.8. The van der Waals surface area contributed by atoms with E-state index in [4.69, 9.17) is 11.6 Å². The van der Waals surface area contributed by atoms with Crippen LogP contribution in [-0.2, 0) is 0 Å². The van der Waals surface area contributed by atoms with Crippen molar-refractivity contribution in [1.82, 2.24) is 0 Å². The second kappa shape index (κ2) is 6.36. The van der Waals surface area contributed by atoms with Gasteiger partial charge in [-0.3, -0.25) is 0 Å². The molecular formula is C12H14Br2ClF. The van der Waals surface area contributed by atoms with Crippen LogP contribution in [0.2, 0.25) is 5.02 Å². The molecule has 0 aliphatic heterocycles. The molecule has 0 aliphatic rings. The summed E-state index contributed by atoms with van der Waals surface area (Å²) in [6.45, 7) is 4.22. The van der Waals surface area contributed by atoms with Gasteiger partial charge in [-0.05, 0) is 34.0 Å². The number of alkyl halides is 1. The van der Waals surface area contributed by atoms with Gasteiger partial charge in [0, 0.05) is 14.9 Å². The molecule has 0 nitrogen and oxygen atoms in total. The quantitative estimate of drug-likeness (QED) is 0.442. The van der Waals surface area contributed by atoms with Crippen molar-refractivity contribution >= 4 is 43.5 Å². The van der Waals surface area contributed by atoms with Crippen molar-refractivity contribution in [2.75, 3.05) is 0 Å². The van der Waals surface area contributed by atoms with Crippen LogP contribution in [0.15, 0.2) is 16.6 Å². The topological polar surface area (TPSA) is 0 Å². The zero-order chi connectivity index (χ0) is 12.3. The minimum atomic E-state index is -0.218. The van der Waals surface area contributed by atoms with Crippen LogP contribution in [0.5, 0.6) is 0 Å². The van der Waals surface area contributed by atoms with Crippen LogP contribution < -0.4 is 0 Å². The van der Waals surface area contributed by atoms with E-state index >= 15 is 0 Å². The summed E-state index contributed by atoms with van der Waals surface area (Å²) in [5.74, 6) is 0.205. The van der Waals surface area contributed by atoms with Crippen LogP contribution in [0.1, 0.15) is 37.1 Å². The molecule has 0 spiro atoms. The molecule has 1 unspecified atom stereocenters. The van der Waals surface area contributed by atoms with Gasteiger partial charge in [-0.25, -0.2) is 4.39 Å². The van der Waals surface area contributed by atoms with Gasteiger partial charge in [-0.15, -0.1) is 0 Å². The van der Waals surface area contributed by atoms with Gasteiger partial charge in [0.2, 0.25) is 0 Å². The van der Waals surface area contributed by atoms with E-state index in [0.717, 1.165) is 12.8 Å². The summed E-state index contributed by atoms with van der Waals surface area (Å²) >= 11 is 12.8. The fourth-order valence-corrected chi connectivity index (χ4v) is 3.29. The van der Waals surface area contributed by atoms with Gasteiger partial charge in [-0.1, -0.05) is 54.2 Å². The molecule has 0 saturated carbocycles. The normalized spacial score (nSPS) is 13.2. The summed E-state index contributed by atoms with van der Waals surface area (Å²) in [5.41, 5.74) is 0.641. The van der Waals surface area contributed by atoms with Gasteiger partial charge >= 0.3 is 0 Å². The first-order chi connectivity index (χ1) is 7.51. The molecule has 90 valence electrons. The third-order valence-corrected chi connectivity index (χ3v) is 5.24. The number of halogens is 4. The van der Waals surface area contributed by atoms with Crippen molar-refractivity contribution in [3.8, 4) is 0 Å². The Hall–Kier alpha value is 0.400. The highest BCUT2D eigenvalue weighted by molar-refractivity contribution is 9.10. The molecular weight excluding hydrogens is 358 g/mol. The van der Waals surface area contributed by atoms with Crippen LogP contribution in [0, 0.1) is 11.7 Å². The van der Waals surface area contributed by atoms with Crippen molar-refractivity contribution in [3.63, 3.8) is 0 Å². The fraction of sp³-hybridized carbons (Fsp3) is 0.500. The minimum absolute atomic E-state index is 0.0214. The average Bonchev–Trinajstić information content (AvgIpc) is 2.25. The highest BCUT2D eigenvalue weighted by Crippen LogP contribution is 2.39. The monoisotopic (exact) mass is 370 g/mol. The molecule has 4 heteroatoms. The van der Waals surface area contributed by atoms with E-state index in [1.807, 2.05) is 0 Å². The third-order valence-electron chi connectivity index (χ3n) is 2.80. The summed E-state index contributed by atoms with van der Waals surface area (Å²) < 4.78 is 14.4. The molecule has 0 fully saturated rings. The molecule has 0 radical (unpaired) electrons. The maximum Gasteiger partial charge on any atom is 0.128 e. The molecule has 0 N–H and O–H groups in total. The lowest BCUT2D eigenvalue weighted by atomic mass is 9.94. The molecule has 0 aliphatic carbocycles. The SMILES string of the molecule is CCC(CC)C(Br)c1cc(Cl)c(Br)cc1F. The van der Waals surface area contributed by atoms with Crippen molar-refractivity contribution in [1.29, 1.82) is 0 Å².